The maximum absolute atomic E-state index is 11.6. The molecule has 0 saturated heterocycles. The molecule has 1 atom stereocenters. The molecule has 8 heavy (non-hydrogen) atoms. The SMILES string of the molecule is [O-][s+]1cncc1CF. The van der Waals surface area contributed by atoms with Gasteiger partial charge in [-0.1, -0.05) is 0 Å². The highest BCUT2D eigenvalue weighted by Gasteiger charge is 2.02. The second-order valence-electron chi connectivity index (χ2n) is 1.28. The molecular weight excluding hydrogens is 129 g/mol. The third-order valence-electron chi connectivity index (χ3n) is 0.765. The van der Waals surface area contributed by atoms with Crippen LogP contribution in [0.15, 0.2) is 11.7 Å². The Kier molecular flexibility index (Phi) is 1.55. The summed E-state index contributed by atoms with van der Waals surface area (Å²) in [4.78, 5) is 3.74. The Morgan fingerprint density at radius 2 is 2.62 bits per heavy atom. The smallest absolute Gasteiger partial charge is 0.228 e. The first-order valence-corrected chi connectivity index (χ1v) is 3.25. The molecule has 0 aliphatic heterocycles. The first kappa shape index (κ1) is 5.65. The summed E-state index contributed by atoms with van der Waals surface area (Å²) in [6.07, 6.45) is 1.29. The van der Waals surface area contributed by atoms with Crippen molar-refractivity contribution in [2.45, 2.75) is 6.67 Å². The van der Waals surface area contributed by atoms with E-state index in [9.17, 15) is 8.94 Å². The fourth-order valence-electron chi connectivity index (χ4n) is 0.377. The van der Waals surface area contributed by atoms with Crippen molar-refractivity contribution in [1.29, 1.82) is 0 Å². The lowest BCUT2D eigenvalue weighted by Crippen LogP contribution is -1.68. The second kappa shape index (κ2) is 2.19. The Morgan fingerprint density at radius 1 is 1.88 bits per heavy atom. The maximum atomic E-state index is 11.6. The van der Waals surface area contributed by atoms with Crippen LogP contribution < -0.4 is 0 Å². The van der Waals surface area contributed by atoms with E-state index in [-0.39, 0.29) is 4.88 Å². The minimum atomic E-state index is -1.27. The normalized spacial score (nSPS) is 12.0. The zero-order chi connectivity index (χ0) is 5.98. The molecular formula is C4H4FNOS. The molecule has 0 aliphatic carbocycles. The zero-order valence-corrected chi connectivity index (χ0v) is 4.82. The van der Waals surface area contributed by atoms with Crippen molar-refractivity contribution in [2.75, 3.05) is 0 Å². The van der Waals surface area contributed by atoms with Gasteiger partial charge < -0.3 is 4.55 Å². The molecule has 1 rings (SSSR count). The lowest BCUT2D eigenvalue weighted by molar-refractivity contribution is 0.485. The van der Waals surface area contributed by atoms with Crippen molar-refractivity contribution in [3.63, 3.8) is 0 Å². The van der Waals surface area contributed by atoms with Gasteiger partial charge in [0.1, 0.15) is 0 Å². The number of thiazole rings is 1. The van der Waals surface area contributed by atoms with Gasteiger partial charge >= 0.3 is 0 Å². The Morgan fingerprint density at radius 3 is 2.88 bits per heavy atom. The van der Waals surface area contributed by atoms with E-state index < -0.39 is 17.4 Å². The molecule has 44 valence electrons. The second-order valence-corrected chi connectivity index (χ2v) is 2.61. The largest absolute Gasteiger partial charge is 0.589 e. The van der Waals surface area contributed by atoms with Crippen molar-refractivity contribution < 1.29 is 8.94 Å². The van der Waals surface area contributed by atoms with E-state index in [0.29, 0.717) is 0 Å². The molecule has 0 aromatic carbocycles. The maximum Gasteiger partial charge on any atom is 0.228 e. The lowest BCUT2D eigenvalue weighted by atomic mass is 10.6. The number of hydrogen-bond donors (Lipinski definition) is 0. The zero-order valence-electron chi connectivity index (χ0n) is 4.00. The predicted octanol–water partition coefficient (Wildman–Crippen LogP) is 1.28. The van der Waals surface area contributed by atoms with Gasteiger partial charge in [-0.05, 0) is 10.8 Å². The van der Waals surface area contributed by atoms with Crippen molar-refractivity contribution >= 4 is 10.8 Å². The van der Waals surface area contributed by atoms with Crippen LogP contribution in [0.4, 0.5) is 4.39 Å². The van der Waals surface area contributed by atoms with Crippen LogP contribution in [0.25, 0.3) is 0 Å². The molecule has 1 heterocycles. The molecule has 1 aromatic heterocycles. The molecule has 0 N–H and O–H groups in total. The molecule has 0 aliphatic rings. The quantitative estimate of drug-likeness (QED) is 0.541. The van der Waals surface area contributed by atoms with Crippen LogP contribution in [0.2, 0.25) is 0 Å². The van der Waals surface area contributed by atoms with Gasteiger partial charge in [0.05, 0.1) is 6.20 Å². The van der Waals surface area contributed by atoms with E-state index >= 15 is 0 Å². The van der Waals surface area contributed by atoms with E-state index in [0.717, 1.165) is 0 Å². The summed E-state index contributed by atoms with van der Waals surface area (Å²) in [5.41, 5.74) is 1.22. The molecule has 0 fully saturated rings. The average Bonchev–Trinajstić information content (AvgIpc) is 2.14. The van der Waals surface area contributed by atoms with Gasteiger partial charge in [-0.2, -0.15) is 0 Å². The number of alkyl halides is 1. The third-order valence-corrected chi connectivity index (χ3v) is 1.81. The standard InChI is InChI=1S/C4H4FNOS/c5-1-4-2-6-3-8(4)7/h2-3H,1H2. The Hall–Kier alpha value is -0.480. The predicted molar refractivity (Wildman–Crippen MR) is 27.7 cm³/mol. The molecule has 0 spiro atoms. The number of hydrogen-bond acceptors (Lipinski definition) is 2. The summed E-state index contributed by atoms with van der Waals surface area (Å²) < 4.78 is 22.1. The summed E-state index contributed by atoms with van der Waals surface area (Å²) >= 11 is 0. The van der Waals surface area contributed by atoms with Gasteiger partial charge in [-0.15, -0.1) is 0 Å². The minimum absolute atomic E-state index is 0.255. The van der Waals surface area contributed by atoms with E-state index in [2.05, 4.69) is 4.98 Å². The van der Waals surface area contributed by atoms with Crippen molar-refractivity contribution in [1.82, 2.24) is 4.98 Å². The summed E-state index contributed by atoms with van der Waals surface area (Å²) in [6, 6.07) is 0. The fraction of sp³-hybridized carbons (Fsp3) is 0.250. The summed E-state index contributed by atoms with van der Waals surface area (Å²) in [6.45, 7) is -0.660. The Labute approximate surface area is 48.8 Å². The molecule has 1 unspecified atom stereocenters. The van der Waals surface area contributed by atoms with Gasteiger partial charge in [-0.25, -0.2) is 9.37 Å². The Balaban J connectivity index is 2.92. The first-order chi connectivity index (χ1) is 3.84. The topological polar surface area (TPSA) is 36.0 Å². The summed E-state index contributed by atoms with van der Waals surface area (Å²) in [5, 5.41) is 0. The molecule has 0 saturated carbocycles. The van der Waals surface area contributed by atoms with E-state index in [1.54, 1.807) is 0 Å². The van der Waals surface area contributed by atoms with Crippen LogP contribution in [0.1, 0.15) is 4.88 Å². The Bertz CT molecular complexity index is 176. The molecule has 2 nitrogen and oxygen atoms in total. The highest BCUT2D eigenvalue weighted by molar-refractivity contribution is 7.23. The van der Waals surface area contributed by atoms with Crippen molar-refractivity contribution in [3.05, 3.63) is 16.6 Å². The van der Waals surface area contributed by atoms with Crippen LogP contribution >= 0.6 is 10.8 Å². The summed E-state index contributed by atoms with van der Waals surface area (Å²) in [7, 11) is -1.27. The molecule has 0 bridgehead atoms. The number of rotatable bonds is 1. The number of halogens is 1. The molecule has 4 heteroatoms. The van der Waals surface area contributed by atoms with Gasteiger partial charge in [0.2, 0.25) is 5.51 Å². The lowest BCUT2D eigenvalue weighted by Gasteiger charge is -1.84. The monoisotopic (exact) mass is 133 g/mol. The van der Waals surface area contributed by atoms with E-state index in [4.69, 9.17) is 0 Å². The van der Waals surface area contributed by atoms with Crippen LogP contribution in [0.3, 0.4) is 0 Å². The van der Waals surface area contributed by atoms with Crippen LogP contribution in [0.5, 0.6) is 0 Å². The van der Waals surface area contributed by atoms with Crippen molar-refractivity contribution in [3.8, 4) is 0 Å². The average molecular weight is 133 g/mol. The van der Waals surface area contributed by atoms with Gasteiger partial charge in [-0.3, -0.25) is 0 Å². The van der Waals surface area contributed by atoms with Crippen molar-refractivity contribution in [2.24, 2.45) is 0 Å². The number of nitrogens with zero attached hydrogens (tertiary/aromatic N) is 1. The van der Waals surface area contributed by atoms with E-state index in [1.807, 2.05) is 0 Å². The van der Waals surface area contributed by atoms with Crippen LogP contribution in [-0.4, -0.2) is 9.54 Å². The summed E-state index contributed by atoms with van der Waals surface area (Å²) in [5.74, 6) is 0. The highest BCUT2D eigenvalue weighted by Crippen LogP contribution is 2.17. The fourth-order valence-corrected chi connectivity index (χ4v) is 0.956. The molecule has 0 amide bonds. The van der Waals surface area contributed by atoms with E-state index in [1.165, 1.54) is 11.7 Å². The first-order valence-electron chi connectivity index (χ1n) is 2.03. The minimum Gasteiger partial charge on any atom is -0.589 e. The molecule has 0 radical (unpaired) electrons. The third kappa shape index (κ3) is 0.850. The molecule has 1 aromatic rings. The van der Waals surface area contributed by atoms with Gasteiger partial charge in [0.15, 0.2) is 11.6 Å². The highest BCUT2D eigenvalue weighted by atomic mass is 32.2. The van der Waals surface area contributed by atoms with Gasteiger partial charge in [0.25, 0.3) is 0 Å². The van der Waals surface area contributed by atoms with Crippen LogP contribution in [0, 0.1) is 0 Å². The van der Waals surface area contributed by atoms with Gasteiger partial charge in [0, 0.05) is 0 Å². The number of aromatic nitrogens is 1. The van der Waals surface area contributed by atoms with Crippen LogP contribution in [-0.2, 0) is 6.67 Å².